The Hall–Kier alpha value is -1.11. The first-order chi connectivity index (χ1) is 8.75. The molecule has 0 aliphatic rings. The van der Waals surface area contributed by atoms with Crippen LogP contribution in [-0.4, -0.2) is 39.5 Å². The minimum atomic E-state index is -3.61. The summed E-state index contributed by atoms with van der Waals surface area (Å²) in [5, 5.41) is 0. The third-order valence-electron chi connectivity index (χ3n) is 3.20. The average molecular weight is 286 g/mol. The maximum Gasteiger partial charge on any atom is 0.247 e. The van der Waals surface area contributed by atoms with Crippen molar-refractivity contribution in [1.29, 1.82) is 0 Å². The molecule has 5 nitrogen and oxygen atoms in total. The first kappa shape index (κ1) is 15.9. The van der Waals surface area contributed by atoms with Gasteiger partial charge in [0.15, 0.2) is 0 Å². The summed E-state index contributed by atoms with van der Waals surface area (Å²) in [7, 11) is -0.607. The third-order valence-corrected chi connectivity index (χ3v) is 5.36. The highest BCUT2D eigenvalue weighted by molar-refractivity contribution is 7.89. The van der Waals surface area contributed by atoms with Gasteiger partial charge in [-0.25, -0.2) is 8.42 Å². The molecular formula is C13H22N2O3S. The minimum Gasteiger partial charge on any atom is -0.495 e. The lowest BCUT2D eigenvalue weighted by Crippen LogP contribution is -2.40. The van der Waals surface area contributed by atoms with Gasteiger partial charge in [-0.05, 0) is 38.0 Å². The van der Waals surface area contributed by atoms with E-state index in [4.69, 9.17) is 10.5 Å². The van der Waals surface area contributed by atoms with Gasteiger partial charge in [-0.1, -0.05) is 6.07 Å². The lowest BCUT2D eigenvalue weighted by Gasteiger charge is -2.25. The summed E-state index contributed by atoms with van der Waals surface area (Å²) in [6.45, 7) is 5.71. The first-order valence-electron chi connectivity index (χ1n) is 6.09. The van der Waals surface area contributed by atoms with Crippen molar-refractivity contribution < 1.29 is 13.2 Å². The summed E-state index contributed by atoms with van der Waals surface area (Å²) in [5.41, 5.74) is 7.18. The SMILES string of the molecule is COc1cc(C)cc(C)c1S(=O)(=O)N(C)C(C)CN. The molecular weight excluding hydrogens is 264 g/mol. The molecule has 0 saturated carbocycles. The quantitative estimate of drug-likeness (QED) is 0.885. The Balaban J connectivity index is 3.44. The molecule has 0 heterocycles. The van der Waals surface area contributed by atoms with Crippen LogP contribution in [0.2, 0.25) is 0 Å². The average Bonchev–Trinajstić information content (AvgIpc) is 2.35. The minimum absolute atomic E-state index is 0.211. The number of benzene rings is 1. The first-order valence-corrected chi connectivity index (χ1v) is 7.53. The van der Waals surface area contributed by atoms with Crippen molar-refractivity contribution in [2.75, 3.05) is 20.7 Å². The predicted molar refractivity (Wildman–Crippen MR) is 75.9 cm³/mol. The molecule has 0 aliphatic carbocycles. The van der Waals surface area contributed by atoms with E-state index >= 15 is 0 Å². The van der Waals surface area contributed by atoms with Gasteiger partial charge in [-0.3, -0.25) is 0 Å². The van der Waals surface area contributed by atoms with Crippen molar-refractivity contribution in [3.05, 3.63) is 23.3 Å². The van der Waals surface area contributed by atoms with Crippen molar-refractivity contribution in [2.45, 2.75) is 31.7 Å². The van der Waals surface area contributed by atoms with Crippen molar-refractivity contribution in [3.8, 4) is 5.75 Å². The van der Waals surface area contributed by atoms with Crippen LogP contribution < -0.4 is 10.5 Å². The number of aryl methyl sites for hydroxylation is 2. The molecule has 6 heteroatoms. The highest BCUT2D eigenvalue weighted by atomic mass is 32.2. The van der Waals surface area contributed by atoms with Gasteiger partial charge in [-0.2, -0.15) is 4.31 Å². The van der Waals surface area contributed by atoms with Crippen LogP contribution in [0.25, 0.3) is 0 Å². The maximum atomic E-state index is 12.6. The van der Waals surface area contributed by atoms with Gasteiger partial charge >= 0.3 is 0 Å². The fourth-order valence-corrected chi connectivity index (χ4v) is 3.64. The standard InChI is InChI=1S/C13H22N2O3S/c1-9-6-10(2)13(12(7-9)18-5)19(16,17)15(4)11(3)8-14/h6-7,11H,8,14H2,1-5H3. The van der Waals surface area contributed by atoms with Gasteiger partial charge in [0.05, 0.1) is 7.11 Å². The molecule has 0 saturated heterocycles. The number of methoxy groups -OCH3 is 1. The van der Waals surface area contributed by atoms with Gasteiger partial charge in [0.2, 0.25) is 10.0 Å². The molecule has 0 spiro atoms. The van der Waals surface area contributed by atoms with Gasteiger partial charge < -0.3 is 10.5 Å². The Morgan fingerprint density at radius 3 is 2.42 bits per heavy atom. The molecule has 0 amide bonds. The Kier molecular flexibility index (Phi) is 4.95. The van der Waals surface area contributed by atoms with Crippen molar-refractivity contribution >= 4 is 10.0 Å². The lowest BCUT2D eigenvalue weighted by molar-refractivity contribution is 0.379. The van der Waals surface area contributed by atoms with E-state index in [0.717, 1.165) is 5.56 Å². The molecule has 1 unspecified atom stereocenters. The zero-order valence-electron chi connectivity index (χ0n) is 12.1. The van der Waals surface area contributed by atoms with Crippen molar-refractivity contribution in [1.82, 2.24) is 4.31 Å². The van der Waals surface area contributed by atoms with Crippen LogP contribution in [0, 0.1) is 13.8 Å². The van der Waals surface area contributed by atoms with E-state index in [1.807, 2.05) is 13.0 Å². The lowest BCUT2D eigenvalue weighted by atomic mass is 10.1. The van der Waals surface area contributed by atoms with Crippen LogP contribution in [0.15, 0.2) is 17.0 Å². The largest absolute Gasteiger partial charge is 0.495 e. The topological polar surface area (TPSA) is 72.6 Å². The Bertz CT molecular complexity index is 555. The number of nitrogens with zero attached hydrogens (tertiary/aromatic N) is 1. The van der Waals surface area contributed by atoms with Gasteiger partial charge in [0.25, 0.3) is 0 Å². The van der Waals surface area contributed by atoms with Crippen molar-refractivity contribution in [2.24, 2.45) is 5.73 Å². The summed E-state index contributed by atoms with van der Waals surface area (Å²) >= 11 is 0. The molecule has 1 aromatic carbocycles. The Morgan fingerprint density at radius 1 is 1.37 bits per heavy atom. The Morgan fingerprint density at radius 2 is 1.95 bits per heavy atom. The smallest absolute Gasteiger partial charge is 0.247 e. The zero-order valence-corrected chi connectivity index (χ0v) is 12.9. The maximum absolute atomic E-state index is 12.6. The summed E-state index contributed by atoms with van der Waals surface area (Å²) in [6, 6.07) is 3.28. The van der Waals surface area contributed by atoms with E-state index in [0.29, 0.717) is 11.3 Å². The molecule has 108 valence electrons. The molecule has 0 aromatic heterocycles. The zero-order chi connectivity index (χ0) is 14.8. The molecule has 1 aromatic rings. The van der Waals surface area contributed by atoms with Crippen molar-refractivity contribution in [3.63, 3.8) is 0 Å². The normalized spacial score (nSPS) is 13.6. The molecule has 0 radical (unpaired) electrons. The van der Waals surface area contributed by atoms with Crippen LogP contribution in [0.1, 0.15) is 18.1 Å². The van der Waals surface area contributed by atoms with Gasteiger partial charge in [0.1, 0.15) is 10.6 Å². The highest BCUT2D eigenvalue weighted by Gasteiger charge is 2.29. The van der Waals surface area contributed by atoms with E-state index < -0.39 is 10.0 Å². The molecule has 19 heavy (non-hydrogen) atoms. The van der Waals surface area contributed by atoms with Gasteiger partial charge in [-0.15, -0.1) is 0 Å². The number of nitrogens with two attached hydrogens (primary N) is 1. The number of likely N-dealkylation sites (N-methyl/N-ethyl adjacent to an activating group) is 1. The number of hydrogen-bond acceptors (Lipinski definition) is 4. The highest BCUT2D eigenvalue weighted by Crippen LogP contribution is 2.31. The number of rotatable bonds is 5. The van der Waals surface area contributed by atoms with Crippen LogP contribution in [0.5, 0.6) is 5.75 Å². The van der Waals surface area contributed by atoms with E-state index in [9.17, 15) is 8.42 Å². The monoisotopic (exact) mass is 286 g/mol. The summed E-state index contributed by atoms with van der Waals surface area (Å²) in [4.78, 5) is 0.211. The second-order valence-corrected chi connectivity index (χ2v) is 6.65. The van der Waals surface area contributed by atoms with E-state index in [1.54, 1.807) is 19.9 Å². The number of hydrogen-bond donors (Lipinski definition) is 1. The van der Waals surface area contributed by atoms with Crippen LogP contribution in [-0.2, 0) is 10.0 Å². The van der Waals surface area contributed by atoms with E-state index in [2.05, 4.69) is 0 Å². The van der Waals surface area contributed by atoms with Crippen LogP contribution >= 0.6 is 0 Å². The fourth-order valence-electron chi connectivity index (χ4n) is 1.93. The Labute approximate surface area is 115 Å². The number of sulfonamides is 1. The second-order valence-electron chi connectivity index (χ2n) is 4.72. The third kappa shape index (κ3) is 3.08. The van der Waals surface area contributed by atoms with Crippen LogP contribution in [0.3, 0.4) is 0 Å². The summed E-state index contributed by atoms with van der Waals surface area (Å²) in [5.74, 6) is 0.369. The summed E-state index contributed by atoms with van der Waals surface area (Å²) < 4.78 is 31.8. The molecule has 2 N–H and O–H groups in total. The predicted octanol–water partition coefficient (Wildman–Crippen LogP) is 1.28. The second kappa shape index (κ2) is 5.90. The number of ether oxygens (including phenoxy) is 1. The van der Waals surface area contributed by atoms with E-state index in [-0.39, 0.29) is 17.5 Å². The molecule has 0 aliphatic heterocycles. The van der Waals surface area contributed by atoms with Gasteiger partial charge in [0, 0.05) is 19.6 Å². The van der Waals surface area contributed by atoms with E-state index in [1.165, 1.54) is 18.5 Å². The summed E-state index contributed by atoms with van der Waals surface area (Å²) in [6.07, 6.45) is 0. The molecule has 0 fully saturated rings. The molecule has 0 bridgehead atoms. The van der Waals surface area contributed by atoms with Crippen LogP contribution in [0.4, 0.5) is 0 Å². The fraction of sp³-hybridized carbons (Fsp3) is 0.538. The molecule has 1 atom stereocenters. The molecule has 1 rings (SSSR count).